The standard InChI is InChI=1S/C16H20BrN3O2/c17-12-2-1-3-13(8-12)20-7-5-14(16(20)22)15(21)19-6-4-11(9-18)10-19/h1-3,8,11,14H,4-7,9-10,18H2. The first-order valence-electron chi connectivity index (χ1n) is 7.66. The Bertz CT molecular complexity index is 593. The Labute approximate surface area is 138 Å². The molecule has 2 fully saturated rings. The van der Waals surface area contributed by atoms with E-state index in [0.29, 0.717) is 32.0 Å². The highest BCUT2D eigenvalue weighted by atomic mass is 79.9. The summed E-state index contributed by atoms with van der Waals surface area (Å²) < 4.78 is 0.929. The lowest BCUT2D eigenvalue weighted by molar-refractivity contribution is -0.139. The monoisotopic (exact) mass is 365 g/mol. The first-order chi connectivity index (χ1) is 10.6. The summed E-state index contributed by atoms with van der Waals surface area (Å²) >= 11 is 3.42. The number of anilines is 1. The second-order valence-electron chi connectivity index (χ2n) is 5.99. The van der Waals surface area contributed by atoms with Crippen LogP contribution in [0, 0.1) is 11.8 Å². The second kappa shape index (κ2) is 6.38. The highest BCUT2D eigenvalue weighted by Crippen LogP contribution is 2.29. The predicted molar refractivity (Wildman–Crippen MR) is 88.3 cm³/mol. The molecule has 22 heavy (non-hydrogen) atoms. The molecule has 0 aliphatic carbocycles. The molecule has 5 nitrogen and oxygen atoms in total. The van der Waals surface area contributed by atoms with Gasteiger partial charge in [0.25, 0.3) is 0 Å². The van der Waals surface area contributed by atoms with E-state index < -0.39 is 5.92 Å². The summed E-state index contributed by atoms with van der Waals surface area (Å²) in [5.74, 6) is -0.269. The second-order valence-corrected chi connectivity index (χ2v) is 6.90. The van der Waals surface area contributed by atoms with Crippen molar-refractivity contribution < 1.29 is 9.59 Å². The molecule has 6 heteroatoms. The number of carbonyl (C=O) groups is 2. The molecule has 2 unspecified atom stereocenters. The van der Waals surface area contributed by atoms with Crippen molar-refractivity contribution in [3.63, 3.8) is 0 Å². The number of hydrogen-bond acceptors (Lipinski definition) is 3. The van der Waals surface area contributed by atoms with Gasteiger partial charge in [-0.3, -0.25) is 9.59 Å². The highest BCUT2D eigenvalue weighted by molar-refractivity contribution is 9.10. The number of amides is 2. The summed E-state index contributed by atoms with van der Waals surface area (Å²) in [6, 6.07) is 7.62. The average molecular weight is 366 g/mol. The Morgan fingerprint density at radius 1 is 1.32 bits per heavy atom. The fraction of sp³-hybridized carbons (Fsp3) is 0.500. The van der Waals surface area contributed by atoms with E-state index in [-0.39, 0.29) is 11.8 Å². The van der Waals surface area contributed by atoms with Crippen molar-refractivity contribution in [1.82, 2.24) is 4.90 Å². The third kappa shape index (κ3) is 2.90. The summed E-state index contributed by atoms with van der Waals surface area (Å²) in [6.07, 6.45) is 1.53. The largest absolute Gasteiger partial charge is 0.342 e. The number of carbonyl (C=O) groups excluding carboxylic acids is 2. The number of nitrogens with zero attached hydrogens (tertiary/aromatic N) is 2. The van der Waals surface area contributed by atoms with Crippen LogP contribution in [0.4, 0.5) is 5.69 Å². The summed E-state index contributed by atoms with van der Waals surface area (Å²) in [5, 5.41) is 0. The molecule has 2 aliphatic heterocycles. The Morgan fingerprint density at radius 2 is 2.14 bits per heavy atom. The molecular weight excluding hydrogens is 346 g/mol. The van der Waals surface area contributed by atoms with Crippen LogP contribution in [0.3, 0.4) is 0 Å². The minimum atomic E-state index is -0.532. The Morgan fingerprint density at radius 3 is 2.82 bits per heavy atom. The van der Waals surface area contributed by atoms with Crippen molar-refractivity contribution in [2.24, 2.45) is 17.6 Å². The zero-order valence-corrected chi connectivity index (χ0v) is 14.0. The summed E-state index contributed by atoms with van der Waals surface area (Å²) in [7, 11) is 0. The molecule has 0 bridgehead atoms. The van der Waals surface area contributed by atoms with Crippen LogP contribution in [0.25, 0.3) is 0 Å². The number of nitrogens with two attached hydrogens (primary N) is 1. The van der Waals surface area contributed by atoms with E-state index in [1.807, 2.05) is 29.2 Å². The molecule has 2 N–H and O–H groups in total. The van der Waals surface area contributed by atoms with Crippen molar-refractivity contribution in [3.05, 3.63) is 28.7 Å². The van der Waals surface area contributed by atoms with Crippen LogP contribution in [0.1, 0.15) is 12.8 Å². The van der Waals surface area contributed by atoms with E-state index in [4.69, 9.17) is 5.73 Å². The van der Waals surface area contributed by atoms with E-state index in [1.54, 1.807) is 4.90 Å². The van der Waals surface area contributed by atoms with Gasteiger partial charge in [-0.05, 0) is 43.5 Å². The number of likely N-dealkylation sites (tertiary alicyclic amines) is 1. The fourth-order valence-electron chi connectivity index (χ4n) is 3.26. The Balaban J connectivity index is 1.70. The molecule has 0 spiro atoms. The van der Waals surface area contributed by atoms with Crippen molar-refractivity contribution in [1.29, 1.82) is 0 Å². The minimum Gasteiger partial charge on any atom is -0.342 e. The van der Waals surface area contributed by atoms with Gasteiger partial charge >= 0.3 is 0 Å². The van der Waals surface area contributed by atoms with Gasteiger partial charge in [-0.25, -0.2) is 0 Å². The minimum absolute atomic E-state index is 0.0292. The lowest BCUT2D eigenvalue weighted by Gasteiger charge is -2.21. The SMILES string of the molecule is NCC1CCN(C(=O)C2CCN(c3cccc(Br)c3)C2=O)C1. The van der Waals surface area contributed by atoms with Gasteiger partial charge in [-0.15, -0.1) is 0 Å². The van der Waals surface area contributed by atoms with Gasteiger partial charge in [-0.2, -0.15) is 0 Å². The van der Waals surface area contributed by atoms with Crippen molar-refractivity contribution in [2.75, 3.05) is 31.1 Å². The molecule has 0 radical (unpaired) electrons. The van der Waals surface area contributed by atoms with Crippen molar-refractivity contribution >= 4 is 33.4 Å². The predicted octanol–water partition coefficient (Wildman–Crippen LogP) is 1.61. The van der Waals surface area contributed by atoms with Gasteiger partial charge in [0, 0.05) is 29.8 Å². The maximum absolute atomic E-state index is 12.6. The molecule has 0 aromatic heterocycles. The van der Waals surface area contributed by atoms with Gasteiger partial charge in [0.15, 0.2) is 0 Å². The van der Waals surface area contributed by atoms with Gasteiger partial charge < -0.3 is 15.5 Å². The van der Waals surface area contributed by atoms with Crippen LogP contribution in [-0.2, 0) is 9.59 Å². The zero-order chi connectivity index (χ0) is 15.7. The first-order valence-corrected chi connectivity index (χ1v) is 8.45. The molecule has 1 aromatic rings. The average Bonchev–Trinajstić information content (AvgIpc) is 3.13. The van der Waals surface area contributed by atoms with Crippen LogP contribution in [-0.4, -0.2) is 42.9 Å². The van der Waals surface area contributed by atoms with Crippen LogP contribution in [0.5, 0.6) is 0 Å². The third-order valence-electron chi connectivity index (χ3n) is 4.55. The van der Waals surface area contributed by atoms with Crippen LogP contribution < -0.4 is 10.6 Å². The highest BCUT2D eigenvalue weighted by Gasteiger charge is 2.41. The van der Waals surface area contributed by atoms with Crippen LogP contribution >= 0.6 is 15.9 Å². The van der Waals surface area contributed by atoms with E-state index in [2.05, 4.69) is 15.9 Å². The molecule has 2 atom stereocenters. The van der Waals surface area contributed by atoms with Crippen LogP contribution in [0.2, 0.25) is 0 Å². The molecule has 3 rings (SSSR count). The molecule has 0 saturated carbocycles. The van der Waals surface area contributed by atoms with Gasteiger partial charge in [0.05, 0.1) is 0 Å². The Kier molecular flexibility index (Phi) is 4.49. The lowest BCUT2D eigenvalue weighted by Crippen LogP contribution is -2.39. The van der Waals surface area contributed by atoms with Crippen molar-refractivity contribution in [3.8, 4) is 0 Å². The summed E-state index contributed by atoms with van der Waals surface area (Å²) in [6.45, 7) is 2.61. The lowest BCUT2D eigenvalue weighted by atomic mass is 10.1. The van der Waals surface area contributed by atoms with E-state index in [1.165, 1.54) is 0 Å². The molecule has 118 valence electrons. The normalized spacial score (nSPS) is 25.1. The van der Waals surface area contributed by atoms with Gasteiger partial charge in [0.1, 0.15) is 5.92 Å². The molecule has 2 heterocycles. The number of rotatable bonds is 3. The smallest absolute Gasteiger partial charge is 0.239 e. The third-order valence-corrected chi connectivity index (χ3v) is 5.05. The topological polar surface area (TPSA) is 66.6 Å². The zero-order valence-electron chi connectivity index (χ0n) is 12.4. The van der Waals surface area contributed by atoms with Gasteiger partial charge in [-0.1, -0.05) is 22.0 Å². The number of benzene rings is 1. The number of hydrogen-bond donors (Lipinski definition) is 1. The van der Waals surface area contributed by atoms with E-state index in [9.17, 15) is 9.59 Å². The molecule has 1 aromatic carbocycles. The summed E-state index contributed by atoms with van der Waals surface area (Å²) in [5.41, 5.74) is 6.52. The van der Waals surface area contributed by atoms with E-state index >= 15 is 0 Å². The molecule has 2 amide bonds. The number of halogens is 1. The molecule has 2 saturated heterocycles. The van der Waals surface area contributed by atoms with E-state index in [0.717, 1.165) is 23.1 Å². The van der Waals surface area contributed by atoms with Gasteiger partial charge in [0.2, 0.25) is 11.8 Å². The maximum Gasteiger partial charge on any atom is 0.239 e. The first kappa shape index (κ1) is 15.5. The van der Waals surface area contributed by atoms with Crippen molar-refractivity contribution in [2.45, 2.75) is 12.8 Å². The molecule has 2 aliphatic rings. The summed E-state index contributed by atoms with van der Waals surface area (Å²) in [4.78, 5) is 28.7. The Hall–Kier alpha value is -1.40. The van der Waals surface area contributed by atoms with Crippen LogP contribution in [0.15, 0.2) is 28.7 Å². The molecular formula is C16H20BrN3O2. The quantitative estimate of drug-likeness (QED) is 0.827. The maximum atomic E-state index is 12.6. The fourth-order valence-corrected chi connectivity index (χ4v) is 3.64.